The molecule has 1 amide bonds. The molecule has 3 heteroatoms. The third-order valence-electron chi connectivity index (χ3n) is 5.61. The van der Waals surface area contributed by atoms with Crippen LogP contribution >= 0.6 is 0 Å². The average Bonchev–Trinajstić information content (AvgIpc) is 3.12. The van der Waals surface area contributed by atoms with Crippen LogP contribution in [-0.4, -0.2) is 18.1 Å². The predicted molar refractivity (Wildman–Crippen MR) is 77.5 cm³/mol. The van der Waals surface area contributed by atoms with E-state index >= 15 is 0 Å². The minimum absolute atomic E-state index is 0.145. The van der Waals surface area contributed by atoms with Crippen LogP contribution in [0.4, 0.5) is 5.69 Å². The SMILES string of the molecule is CN1C(=O)Cc2cc(C(O)C3C4CCCCC43)ccc21. The maximum Gasteiger partial charge on any atom is 0.231 e. The summed E-state index contributed by atoms with van der Waals surface area (Å²) in [6.07, 6.45) is 5.37. The molecule has 20 heavy (non-hydrogen) atoms. The normalized spacial score (nSPS) is 32.8. The molecule has 0 aromatic heterocycles. The highest BCUT2D eigenvalue weighted by Crippen LogP contribution is 2.60. The van der Waals surface area contributed by atoms with Gasteiger partial charge in [-0.15, -0.1) is 0 Å². The van der Waals surface area contributed by atoms with Gasteiger partial charge in [0.25, 0.3) is 0 Å². The van der Waals surface area contributed by atoms with Gasteiger partial charge < -0.3 is 10.0 Å². The van der Waals surface area contributed by atoms with Gasteiger partial charge in [0.05, 0.1) is 12.5 Å². The molecule has 4 rings (SSSR count). The molecular weight excluding hydrogens is 250 g/mol. The molecule has 1 heterocycles. The number of anilines is 1. The van der Waals surface area contributed by atoms with E-state index in [1.807, 2.05) is 25.2 Å². The van der Waals surface area contributed by atoms with E-state index in [-0.39, 0.29) is 12.0 Å². The summed E-state index contributed by atoms with van der Waals surface area (Å²) in [6, 6.07) is 6.04. The van der Waals surface area contributed by atoms with Crippen LogP contribution in [0.3, 0.4) is 0 Å². The van der Waals surface area contributed by atoms with Gasteiger partial charge in [-0.2, -0.15) is 0 Å². The highest BCUT2D eigenvalue weighted by atomic mass is 16.3. The number of aliphatic hydroxyl groups excluding tert-OH is 1. The van der Waals surface area contributed by atoms with Crippen molar-refractivity contribution in [1.82, 2.24) is 0 Å². The second kappa shape index (κ2) is 4.32. The minimum Gasteiger partial charge on any atom is -0.388 e. The molecule has 1 aliphatic heterocycles. The molecule has 2 fully saturated rings. The summed E-state index contributed by atoms with van der Waals surface area (Å²) in [5, 5.41) is 10.7. The maximum atomic E-state index is 11.7. The number of carbonyl (C=O) groups is 1. The van der Waals surface area contributed by atoms with Crippen molar-refractivity contribution < 1.29 is 9.90 Å². The van der Waals surface area contributed by atoms with Crippen molar-refractivity contribution in [3.63, 3.8) is 0 Å². The summed E-state index contributed by atoms with van der Waals surface area (Å²) >= 11 is 0. The van der Waals surface area contributed by atoms with E-state index in [1.54, 1.807) is 4.90 Å². The van der Waals surface area contributed by atoms with Crippen molar-refractivity contribution in [3.8, 4) is 0 Å². The first-order valence-corrected chi connectivity index (χ1v) is 7.74. The van der Waals surface area contributed by atoms with Crippen LogP contribution in [0.25, 0.3) is 0 Å². The number of carbonyl (C=O) groups excluding carboxylic acids is 1. The van der Waals surface area contributed by atoms with Crippen LogP contribution in [0.15, 0.2) is 18.2 Å². The van der Waals surface area contributed by atoms with E-state index in [1.165, 1.54) is 25.7 Å². The molecule has 0 spiro atoms. The lowest BCUT2D eigenvalue weighted by atomic mass is 9.99. The summed E-state index contributed by atoms with van der Waals surface area (Å²) in [7, 11) is 1.82. The van der Waals surface area contributed by atoms with Gasteiger partial charge in [-0.25, -0.2) is 0 Å². The Hall–Kier alpha value is -1.35. The highest BCUT2D eigenvalue weighted by Gasteiger charge is 2.54. The number of amides is 1. The van der Waals surface area contributed by atoms with Gasteiger partial charge in [-0.05, 0) is 47.8 Å². The summed E-state index contributed by atoms with van der Waals surface area (Å²) < 4.78 is 0. The number of hydrogen-bond donors (Lipinski definition) is 1. The Bertz CT molecular complexity index is 556. The number of hydrogen-bond acceptors (Lipinski definition) is 2. The van der Waals surface area contributed by atoms with Crippen LogP contribution in [0.1, 0.15) is 42.9 Å². The van der Waals surface area contributed by atoms with Crippen LogP contribution in [0.5, 0.6) is 0 Å². The van der Waals surface area contributed by atoms with Crippen molar-refractivity contribution in [3.05, 3.63) is 29.3 Å². The number of fused-ring (bicyclic) bond motifs is 2. The summed E-state index contributed by atoms with van der Waals surface area (Å²) in [6.45, 7) is 0. The van der Waals surface area contributed by atoms with Gasteiger partial charge >= 0.3 is 0 Å². The topological polar surface area (TPSA) is 40.5 Å². The maximum absolute atomic E-state index is 11.7. The highest BCUT2D eigenvalue weighted by molar-refractivity contribution is 6.00. The molecule has 1 aromatic carbocycles. The van der Waals surface area contributed by atoms with Gasteiger partial charge in [0.15, 0.2) is 0 Å². The molecule has 1 N–H and O–H groups in total. The van der Waals surface area contributed by atoms with Crippen LogP contribution in [0.2, 0.25) is 0 Å². The zero-order valence-corrected chi connectivity index (χ0v) is 11.9. The third kappa shape index (κ3) is 1.72. The van der Waals surface area contributed by atoms with E-state index in [4.69, 9.17) is 0 Å². The number of aliphatic hydroxyl groups is 1. The molecule has 3 aliphatic rings. The molecule has 0 bridgehead atoms. The fourth-order valence-electron chi connectivity index (χ4n) is 4.41. The largest absolute Gasteiger partial charge is 0.388 e. The molecular formula is C17H21NO2. The van der Waals surface area contributed by atoms with E-state index in [0.29, 0.717) is 12.3 Å². The zero-order valence-electron chi connectivity index (χ0n) is 11.9. The first kappa shape index (κ1) is 12.4. The molecule has 1 aromatic rings. The van der Waals surface area contributed by atoms with Crippen molar-refractivity contribution in [1.29, 1.82) is 0 Å². The Morgan fingerprint density at radius 3 is 2.65 bits per heavy atom. The first-order valence-electron chi connectivity index (χ1n) is 7.74. The van der Waals surface area contributed by atoms with Gasteiger partial charge in [0.2, 0.25) is 5.91 Å². The predicted octanol–water partition coefficient (Wildman–Crippen LogP) is 2.68. The summed E-state index contributed by atoms with van der Waals surface area (Å²) in [5.41, 5.74) is 3.07. The fourth-order valence-corrected chi connectivity index (χ4v) is 4.41. The number of benzene rings is 1. The van der Waals surface area contributed by atoms with Crippen LogP contribution in [-0.2, 0) is 11.2 Å². The molecule has 2 aliphatic carbocycles. The lowest BCUT2D eigenvalue weighted by Gasteiger charge is -2.14. The second-order valence-corrected chi connectivity index (χ2v) is 6.65. The van der Waals surface area contributed by atoms with E-state index in [9.17, 15) is 9.90 Å². The van der Waals surface area contributed by atoms with E-state index in [0.717, 1.165) is 28.7 Å². The lowest BCUT2D eigenvalue weighted by molar-refractivity contribution is -0.117. The third-order valence-corrected chi connectivity index (χ3v) is 5.61. The first-order chi connectivity index (χ1) is 9.66. The molecule has 3 atom stereocenters. The van der Waals surface area contributed by atoms with E-state index < -0.39 is 0 Å². The molecule has 3 unspecified atom stereocenters. The van der Waals surface area contributed by atoms with Crippen molar-refractivity contribution in [2.45, 2.75) is 38.2 Å². The monoisotopic (exact) mass is 271 g/mol. The van der Waals surface area contributed by atoms with Crippen molar-refractivity contribution in [2.24, 2.45) is 17.8 Å². The summed E-state index contributed by atoms with van der Waals surface area (Å²) in [5.74, 6) is 2.10. The standard InChI is InChI=1S/C17H21NO2/c1-18-14-7-6-10(8-11(14)9-15(18)19)17(20)16-12-4-2-3-5-13(12)16/h6-8,12-13,16-17,20H,2-5,9H2,1H3. The molecule has 2 saturated carbocycles. The Morgan fingerprint density at radius 2 is 1.95 bits per heavy atom. The molecule has 106 valence electrons. The summed E-state index contributed by atoms with van der Waals surface area (Å²) in [4.78, 5) is 13.4. The second-order valence-electron chi connectivity index (χ2n) is 6.65. The Kier molecular flexibility index (Phi) is 2.68. The quantitative estimate of drug-likeness (QED) is 0.898. The van der Waals surface area contributed by atoms with Gasteiger partial charge in [-0.1, -0.05) is 25.0 Å². The number of nitrogens with zero attached hydrogens (tertiary/aromatic N) is 1. The smallest absolute Gasteiger partial charge is 0.231 e. The number of rotatable bonds is 2. The Morgan fingerprint density at radius 1 is 1.25 bits per heavy atom. The molecule has 0 radical (unpaired) electrons. The van der Waals surface area contributed by atoms with E-state index in [2.05, 4.69) is 0 Å². The minimum atomic E-state index is -0.339. The van der Waals surface area contributed by atoms with Crippen molar-refractivity contribution in [2.75, 3.05) is 11.9 Å². The van der Waals surface area contributed by atoms with Gasteiger partial charge in [0, 0.05) is 12.7 Å². The van der Waals surface area contributed by atoms with Gasteiger partial charge in [-0.3, -0.25) is 4.79 Å². The Labute approximate surface area is 119 Å². The van der Waals surface area contributed by atoms with Crippen molar-refractivity contribution >= 4 is 11.6 Å². The zero-order chi connectivity index (χ0) is 13.9. The molecule has 0 saturated heterocycles. The van der Waals surface area contributed by atoms with Crippen LogP contribution < -0.4 is 4.90 Å². The molecule has 3 nitrogen and oxygen atoms in total. The Balaban J connectivity index is 1.58. The van der Waals surface area contributed by atoms with Gasteiger partial charge in [0.1, 0.15) is 0 Å². The fraction of sp³-hybridized carbons (Fsp3) is 0.588. The lowest BCUT2D eigenvalue weighted by Crippen LogP contribution is -2.20. The average molecular weight is 271 g/mol. The number of likely N-dealkylation sites (N-methyl/N-ethyl adjacent to an activating group) is 1. The van der Waals surface area contributed by atoms with Crippen LogP contribution in [0, 0.1) is 17.8 Å².